The van der Waals surface area contributed by atoms with Gasteiger partial charge in [0.15, 0.2) is 0 Å². The number of rotatable bonds is 3. The molecular formula is C24H37ClN2O. The third-order valence-electron chi connectivity index (χ3n) is 8.93. The van der Waals surface area contributed by atoms with Crippen molar-refractivity contribution >= 4 is 11.6 Å². The monoisotopic (exact) mass is 404 g/mol. The van der Waals surface area contributed by atoms with Gasteiger partial charge < -0.3 is 4.52 Å². The fourth-order valence-electron chi connectivity index (χ4n) is 7.11. The van der Waals surface area contributed by atoms with E-state index in [-0.39, 0.29) is 0 Å². The highest BCUT2D eigenvalue weighted by atomic mass is 35.5. The molecule has 4 fully saturated rings. The molecular weight excluding hydrogens is 368 g/mol. The van der Waals surface area contributed by atoms with Gasteiger partial charge >= 0.3 is 0 Å². The molecule has 0 amide bonds. The van der Waals surface area contributed by atoms with Crippen LogP contribution in [0, 0.1) is 17.8 Å². The smallest absolute Gasteiger partial charge is 0.141 e. The summed E-state index contributed by atoms with van der Waals surface area (Å²) >= 11 is 6.43. The Morgan fingerprint density at radius 1 is 1.00 bits per heavy atom. The van der Waals surface area contributed by atoms with Crippen molar-refractivity contribution < 1.29 is 4.52 Å². The predicted octanol–water partition coefficient (Wildman–Crippen LogP) is 6.33. The summed E-state index contributed by atoms with van der Waals surface area (Å²) in [6, 6.07) is 3.80. The number of hydrogen-bond donors (Lipinski definition) is 0. The van der Waals surface area contributed by atoms with Crippen molar-refractivity contribution in [1.82, 2.24) is 10.1 Å². The molecule has 1 unspecified atom stereocenters. The van der Waals surface area contributed by atoms with Crippen molar-refractivity contribution in [2.24, 2.45) is 17.8 Å². The molecule has 1 aromatic heterocycles. The fourth-order valence-corrected chi connectivity index (χ4v) is 7.36. The van der Waals surface area contributed by atoms with Crippen LogP contribution < -0.4 is 0 Å². The van der Waals surface area contributed by atoms with Crippen LogP contribution in [0.25, 0.3) is 0 Å². The number of nitrogens with zero attached hydrogens (tertiary/aromatic N) is 2. The molecule has 3 heterocycles. The lowest BCUT2D eigenvalue weighted by molar-refractivity contribution is 0.0519. The van der Waals surface area contributed by atoms with E-state index in [9.17, 15) is 0 Å². The third-order valence-corrected chi connectivity index (χ3v) is 9.37. The minimum absolute atomic E-state index is 0.406. The van der Waals surface area contributed by atoms with Crippen molar-refractivity contribution in [2.75, 3.05) is 7.05 Å². The van der Waals surface area contributed by atoms with E-state index in [1.165, 1.54) is 82.1 Å². The highest BCUT2D eigenvalue weighted by Gasteiger charge is 2.50. The summed E-state index contributed by atoms with van der Waals surface area (Å²) in [6.07, 6.45) is 14.3. The van der Waals surface area contributed by atoms with E-state index < -0.39 is 0 Å². The molecule has 4 aliphatic rings. The Hall–Kier alpha value is -0.540. The van der Waals surface area contributed by atoms with Crippen molar-refractivity contribution in [3.05, 3.63) is 17.5 Å². The van der Waals surface area contributed by atoms with Crippen LogP contribution >= 0.6 is 11.6 Å². The molecule has 2 aliphatic carbocycles. The fraction of sp³-hybridized carbons (Fsp3) is 0.875. The molecule has 156 valence electrons. The molecule has 3 nitrogen and oxygen atoms in total. The largest absolute Gasteiger partial charge is 0.361 e. The zero-order chi connectivity index (χ0) is 19.3. The standard InChI is InChI=1S/C24H37ClN2O/c1-15-3-5-17(6-4-15)21-14-23(28-26-21)24-20(16-7-9-18(25)10-8-16)13-19-11-12-22(24)27(19)2/h14-20,22,24H,3-13H2,1-2H3/t15?,16?,17?,18?,19-,20-,22?,24+/m1/s1. The second kappa shape index (κ2) is 7.95. The average molecular weight is 405 g/mol. The van der Waals surface area contributed by atoms with Gasteiger partial charge in [0.05, 0.1) is 5.69 Å². The Morgan fingerprint density at radius 3 is 2.50 bits per heavy atom. The SMILES string of the molecule is CC1CCC(c2cc([C@@H]3C4CC[C@H](C[C@@H]3C3CCC(Cl)CC3)N4C)on2)CC1. The number of hydrogen-bond acceptors (Lipinski definition) is 3. The molecule has 0 radical (unpaired) electrons. The number of alkyl halides is 1. The molecule has 28 heavy (non-hydrogen) atoms. The molecule has 2 saturated heterocycles. The van der Waals surface area contributed by atoms with Crippen LogP contribution in [0.15, 0.2) is 10.6 Å². The summed E-state index contributed by atoms with van der Waals surface area (Å²) in [6.45, 7) is 2.39. The molecule has 5 rings (SSSR count). The van der Waals surface area contributed by atoms with Gasteiger partial charge in [-0.3, -0.25) is 4.90 Å². The molecule has 2 bridgehead atoms. The highest BCUT2D eigenvalue weighted by molar-refractivity contribution is 6.20. The lowest BCUT2D eigenvalue weighted by Gasteiger charge is -2.46. The van der Waals surface area contributed by atoms with Crippen molar-refractivity contribution in [1.29, 1.82) is 0 Å². The van der Waals surface area contributed by atoms with Gasteiger partial charge in [0.2, 0.25) is 0 Å². The van der Waals surface area contributed by atoms with Crippen molar-refractivity contribution in [3.8, 4) is 0 Å². The zero-order valence-corrected chi connectivity index (χ0v) is 18.4. The normalized spacial score (nSPS) is 44.7. The summed E-state index contributed by atoms with van der Waals surface area (Å²) in [5, 5.41) is 5.03. The first-order valence-corrected chi connectivity index (χ1v) is 12.4. The summed E-state index contributed by atoms with van der Waals surface area (Å²) in [4.78, 5) is 2.67. The molecule has 0 aromatic carbocycles. The van der Waals surface area contributed by atoms with E-state index in [2.05, 4.69) is 30.1 Å². The first kappa shape index (κ1) is 19.4. The number of piperidine rings is 1. The molecule has 4 heteroatoms. The molecule has 4 atom stereocenters. The quantitative estimate of drug-likeness (QED) is 0.551. The Bertz CT molecular complexity index is 659. The maximum Gasteiger partial charge on any atom is 0.141 e. The Kier molecular flexibility index (Phi) is 5.51. The minimum Gasteiger partial charge on any atom is -0.361 e. The number of aromatic nitrogens is 1. The number of halogens is 1. The Balaban J connectivity index is 1.39. The number of fused-ring (bicyclic) bond motifs is 2. The van der Waals surface area contributed by atoms with Gasteiger partial charge in [-0.2, -0.15) is 0 Å². The van der Waals surface area contributed by atoms with Crippen LogP contribution in [-0.4, -0.2) is 34.6 Å². The zero-order valence-electron chi connectivity index (χ0n) is 17.7. The van der Waals surface area contributed by atoms with Crippen LogP contribution in [0.2, 0.25) is 0 Å². The first-order valence-electron chi connectivity index (χ1n) is 11.9. The molecule has 2 saturated carbocycles. The minimum atomic E-state index is 0.406. The van der Waals surface area contributed by atoms with Gasteiger partial charge in [-0.1, -0.05) is 24.9 Å². The lowest BCUT2D eigenvalue weighted by Crippen LogP contribution is -2.47. The van der Waals surface area contributed by atoms with Gasteiger partial charge in [-0.05, 0) is 82.6 Å². The van der Waals surface area contributed by atoms with Gasteiger partial charge in [-0.15, -0.1) is 11.6 Å². The van der Waals surface area contributed by atoms with Crippen molar-refractivity contribution in [2.45, 2.75) is 107 Å². The molecule has 0 N–H and O–H groups in total. The lowest BCUT2D eigenvalue weighted by atomic mass is 9.67. The summed E-state index contributed by atoms with van der Waals surface area (Å²) in [7, 11) is 2.35. The van der Waals surface area contributed by atoms with Crippen LogP contribution in [-0.2, 0) is 0 Å². The second-order valence-electron chi connectivity index (χ2n) is 10.5. The van der Waals surface area contributed by atoms with Crippen LogP contribution in [0.1, 0.15) is 101 Å². The Morgan fingerprint density at radius 2 is 1.75 bits per heavy atom. The average Bonchev–Trinajstić information content (AvgIpc) is 3.26. The molecule has 0 spiro atoms. The van der Waals surface area contributed by atoms with Crippen LogP contribution in [0.4, 0.5) is 0 Å². The molecule has 1 aromatic rings. The van der Waals surface area contributed by atoms with E-state index >= 15 is 0 Å². The Labute approximate surface area is 175 Å². The molecule has 2 aliphatic heterocycles. The summed E-state index contributed by atoms with van der Waals surface area (Å²) < 4.78 is 6.12. The predicted molar refractivity (Wildman–Crippen MR) is 114 cm³/mol. The van der Waals surface area contributed by atoms with E-state index in [1.807, 2.05) is 0 Å². The summed E-state index contributed by atoms with van der Waals surface area (Å²) in [5.74, 6) is 4.81. The number of likely N-dealkylation sites (N-methyl/N-ethyl adjacent to an activating group) is 1. The van der Waals surface area contributed by atoms with E-state index in [4.69, 9.17) is 16.1 Å². The maximum atomic E-state index is 6.43. The van der Waals surface area contributed by atoms with Gasteiger partial charge in [0.1, 0.15) is 5.76 Å². The van der Waals surface area contributed by atoms with Gasteiger partial charge in [-0.25, -0.2) is 0 Å². The van der Waals surface area contributed by atoms with E-state index in [0.29, 0.717) is 23.3 Å². The maximum absolute atomic E-state index is 6.43. The highest BCUT2D eigenvalue weighted by Crippen LogP contribution is 2.52. The third kappa shape index (κ3) is 3.55. The van der Waals surface area contributed by atoms with Gasteiger partial charge in [0, 0.05) is 35.4 Å². The van der Waals surface area contributed by atoms with Crippen LogP contribution in [0.3, 0.4) is 0 Å². The van der Waals surface area contributed by atoms with E-state index in [0.717, 1.165) is 23.8 Å². The first-order chi connectivity index (χ1) is 13.6. The second-order valence-corrected chi connectivity index (χ2v) is 11.1. The van der Waals surface area contributed by atoms with Crippen molar-refractivity contribution in [3.63, 3.8) is 0 Å². The summed E-state index contributed by atoms with van der Waals surface area (Å²) in [5.41, 5.74) is 1.24. The van der Waals surface area contributed by atoms with E-state index in [1.54, 1.807) is 0 Å². The topological polar surface area (TPSA) is 29.3 Å². The van der Waals surface area contributed by atoms with Gasteiger partial charge in [0.25, 0.3) is 0 Å². The van der Waals surface area contributed by atoms with Crippen LogP contribution in [0.5, 0.6) is 0 Å².